The van der Waals surface area contributed by atoms with Crippen LogP contribution in [0, 0.1) is 20.8 Å². The van der Waals surface area contributed by atoms with Gasteiger partial charge in [0.1, 0.15) is 0 Å². The van der Waals surface area contributed by atoms with E-state index in [1.807, 2.05) is 48.6 Å². The molecular formula is C31H33F3N6O3S. The first-order chi connectivity index (χ1) is 20.9. The van der Waals surface area contributed by atoms with Crippen molar-refractivity contribution >= 4 is 28.8 Å². The van der Waals surface area contributed by atoms with Crippen molar-refractivity contribution in [3.63, 3.8) is 0 Å². The molecule has 0 spiro atoms. The second kappa shape index (κ2) is 11.7. The van der Waals surface area contributed by atoms with Gasteiger partial charge in [0.15, 0.2) is 11.5 Å². The average molecular weight is 627 g/mol. The summed E-state index contributed by atoms with van der Waals surface area (Å²) in [4.78, 5) is 19.7. The summed E-state index contributed by atoms with van der Waals surface area (Å²) in [5.41, 5.74) is 4.51. The van der Waals surface area contributed by atoms with Crippen LogP contribution in [0.2, 0.25) is 0 Å². The number of pyridine rings is 2. The Bertz CT molecular complexity index is 1730. The molecule has 5 heterocycles. The van der Waals surface area contributed by atoms with E-state index in [1.165, 1.54) is 12.3 Å². The van der Waals surface area contributed by atoms with Crippen LogP contribution >= 0.6 is 0 Å². The van der Waals surface area contributed by atoms with Gasteiger partial charge in [-0.1, -0.05) is 18.2 Å². The summed E-state index contributed by atoms with van der Waals surface area (Å²) >= 11 is -1.47. The molecule has 232 valence electrons. The van der Waals surface area contributed by atoms with Crippen LogP contribution in [0.1, 0.15) is 70.8 Å². The smallest absolute Gasteiger partial charge is 0.452 e. The molecule has 0 saturated carbocycles. The van der Waals surface area contributed by atoms with E-state index in [1.54, 1.807) is 6.92 Å². The molecule has 2 aliphatic rings. The van der Waals surface area contributed by atoms with Gasteiger partial charge in [-0.25, -0.2) is 4.98 Å². The van der Waals surface area contributed by atoms with Crippen molar-refractivity contribution in [2.45, 2.75) is 76.0 Å². The molecule has 44 heavy (non-hydrogen) atoms. The molecule has 1 aromatic carbocycles. The number of hydrogen-bond donors (Lipinski definition) is 1. The first-order valence-electron chi connectivity index (χ1n) is 14.5. The lowest BCUT2D eigenvalue weighted by atomic mass is 9.85. The summed E-state index contributed by atoms with van der Waals surface area (Å²) in [7, 11) is 0. The predicted molar refractivity (Wildman–Crippen MR) is 159 cm³/mol. The predicted octanol–water partition coefficient (Wildman–Crippen LogP) is 5.57. The van der Waals surface area contributed by atoms with Crippen molar-refractivity contribution in [3.8, 4) is 0 Å². The van der Waals surface area contributed by atoms with E-state index >= 15 is 0 Å². The molecule has 6 rings (SSSR count). The highest BCUT2D eigenvalue weighted by Crippen LogP contribution is 2.38. The highest BCUT2D eigenvalue weighted by molar-refractivity contribution is 7.89. The summed E-state index contributed by atoms with van der Waals surface area (Å²) < 4.78 is 57.3. The van der Waals surface area contributed by atoms with Gasteiger partial charge in [-0.2, -0.15) is 13.2 Å². The number of anilines is 1. The maximum atomic E-state index is 14.1. The van der Waals surface area contributed by atoms with Crippen LogP contribution in [0.15, 0.2) is 47.6 Å². The molecule has 1 N–H and O–H groups in total. The van der Waals surface area contributed by atoms with Gasteiger partial charge in [-0.3, -0.25) is 9.20 Å². The number of alkyl halides is 3. The first-order valence-corrected chi connectivity index (χ1v) is 15.7. The van der Waals surface area contributed by atoms with Crippen molar-refractivity contribution in [1.29, 1.82) is 0 Å². The first kappa shape index (κ1) is 30.4. The lowest BCUT2D eigenvalue weighted by Crippen LogP contribution is -2.45. The Hall–Kier alpha value is -3.68. The van der Waals surface area contributed by atoms with Gasteiger partial charge in [-0.15, -0.1) is 14.5 Å². The second-order valence-corrected chi connectivity index (χ2v) is 13.2. The minimum absolute atomic E-state index is 0.0251. The number of nitrogens with zero attached hydrogens (tertiary/aromatic N) is 6. The zero-order valence-electron chi connectivity index (χ0n) is 24.6. The molecule has 2 aliphatic heterocycles. The number of rotatable bonds is 6. The number of benzene rings is 1. The number of aromatic nitrogens is 4. The van der Waals surface area contributed by atoms with Crippen LogP contribution in [0.5, 0.6) is 0 Å². The summed E-state index contributed by atoms with van der Waals surface area (Å²) in [6.07, 6.45) is 1.23. The molecule has 0 bridgehead atoms. The van der Waals surface area contributed by atoms with Gasteiger partial charge in [-0.05, 0) is 79.5 Å². The molecular weight excluding hydrogens is 593 g/mol. The van der Waals surface area contributed by atoms with Gasteiger partial charge >= 0.3 is 12.1 Å². The Balaban J connectivity index is 1.37. The van der Waals surface area contributed by atoms with E-state index < -0.39 is 35.2 Å². The largest absolute Gasteiger partial charge is 0.593 e. The molecule has 13 heteroatoms. The Kier molecular flexibility index (Phi) is 8.05. The summed E-state index contributed by atoms with van der Waals surface area (Å²) in [5.74, 6) is -2.05. The molecule has 0 aliphatic carbocycles. The minimum atomic E-state index is -4.68. The lowest BCUT2D eigenvalue weighted by Gasteiger charge is -2.35. The molecule has 4 aromatic rings. The van der Waals surface area contributed by atoms with E-state index in [2.05, 4.69) is 15.1 Å². The van der Waals surface area contributed by atoms with Gasteiger partial charge in [0.2, 0.25) is 10.7 Å². The lowest BCUT2D eigenvalue weighted by molar-refractivity contribution is -0.145. The van der Waals surface area contributed by atoms with Crippen molar-refractivity contribution in [2.24, 2.45) is 0 Å². The van der Waals surface area contributed by atoms with Crippen molar-refractivity contribution in [1.82, 2.24) is 23.9 Å². The van der Waals surface area contributed by atoms with Crippen molar-refractivity contribution < 1.29 is 27.6 Å². The number of fused-ring (bicyclic) bond motifs is 4. The molecule has 2 unspecified atom stereocenters. The van der Waals surface area contributed by atoms with E-state index in [0.29, 0.717) is 34.7 Å². The van der Waals surface area contributed by atoms with Gasteiger partial charge in [0.25, 0.3) is 0 Å². The molecule has 3 aromatic heterocycles. The Morgan fingerprint density at radius 1 is 1.16 bits per heavy atom. The van der Waals surface area contributed by atoms with Crippen LogP contribution in [0.3, 0.4) is 0 Å². The zero-order valence-corrected chi connectivity index (χ0v) is 25.5. The SMILES string of the molecule is Cc1cnc2c(c1)[S+]([O-])N(Cc1cc(C(CC(=O)O)c3ccn4c(C(F)(F)F)nnc4c3C)ccc1C)C[C@@H]1CCCCN21. The van der Waals surface area contributed by atoms with E-state index in [0.717, 1.165) is 52.7 Å². The van der Waals surface area contributed by atoms with E-state index in [9.17, 15) is 27.6 Å². The maximum absolute atomic E-state index is 14.1. The van der Waals surface area contributed by atoms with E-state index in [4.69, 9.17) is 4.98 Å². The number of hydrogen-bond acceptors (Lipinski definition) is 7. The number of aliphatic carboxylic acids is 1. The van der Waals surface area contributed by atoms with Crippen molar-refractivity contribution in [2.75, 3.05) is 18.0 Å². The Labute approximate surface area is 256 Å². The monoisotopic (exact) mass is 626 g/mol. The molecule has 9 nitrogen and oxygen atoms in total. The standard InChI is InChI=1S/C31H33F3N6O3S/c1-18-12-26-29(35-15-18)39-10-5-4-6-23(39)17-38(44(26)43)16-22-13-21(8-7-19(22)2)25(14-27(41)42)24-9-11-40-28(20(24)3)36-37-30(40)31(32,33)34/h7-9,11-13,15,23,25H,4-6,10,14,16-17H2,1-3H3,(H,41,42)/t23-,25?,44?/m0/s1. The van der Waals surface area contributed by atoms with Crippen LogP contribution in [-0.2, 0) is 28.9 Å². The van der Waals surface area contributed by atoms with Crippen LogP contribution in [0.4, 0.5) is 19.0 Å². The van der Waals surface area contributed by atoms with Gasteiger partial charge in [0.05, 0.1) is 30.9 Å². The number of carboxylic acid groups (broad SMARTS) is 1. The third-order valence-electron chi connectivity index (χ3n) is 8.70. The molecule has 0 radical (unpaired) electrons. The zero-order chi connectivity index (χ0) is 31.3. The fraction of sp³-hybridized carbons (Fsp3) is 0.419. The number of carboxylic acids is 1. The van der Waals surface area contributed by atoms with E-state index in [-0.39, 0.29) is 18.1 Å². The van der Waals surface area contributed by atoms with Crippen molar-refractivity contribution in [3.05, 3.63) is 81.9 Å². The molecule has 1 saturated heterocycles. The fourth-order valence-corrected chi connectivity index (χ4v) is 7.89. The van der Waals surface area contributed by atoms with Gasteiger partial charge < -0.3 is 14.6 Å². The minimum Gasteiger partial charge on any atom is -0.593 e. The topological polar surface area (TPSA) is 110 Å². The van der Waals surface area contributed by atoms with Crippen LogP contribution in [0.25, 0.3) is 5.65 Å². The Morgan fingerprint density at radius 3 is 2.70 bits per heavy atom. The molecule has 0 amide bonds. The quantitative estimate of drug-likeness (QED) is 0.277. The third kappa shape index (κ3) is 5.64. The number of aryl methyl sites for hydroxylation is 3. The summed E-state index contributed by atoms with van der Waals surface area (Å²) in [6, 6.07) is 9.34. The summed E-state index contributed by atoms with van der Waals surface area (Å²) in [5, 5.41) is 17.0. The highest BCUT2D eigenvalue weighted by atomic mass is 32.2. The molecule has 3 atom stereocenters. The average Bonchev–Trinajstić information content (AvgIpc) is 3.39. The number of piperidine rings is 1. The van der Waals surface area contributed by atoms with Crippen LogP contribution in [-0.4, -0.2) is 58.6 Å². The number of carbonyl (C=O) groups is 1. The third-order valence-corrected chi connectivity index (χ3v) is 10.1. The number of halogens is 3. The summed E-state index contributed by atoms with van der Waals surface area (Å²) in [6.45, 7) is 7.37. The normalized spacial score (nSPS) is 19.8. The molecule has 1 fully saturated rings. The second-order valence-electron chi connectivity index (χ2n) is 11.7. The Morgan fingerprint density at radius 2 is 1.95 bits per heavy atom. The van der Waals surface area contributed by atoms with Crippen LogP contribution < -0.4 is 4.90 Å². The maximum Gasteiger partial charge on any atom is 0.452 e. The highest BCUT2D eigenvalue weighted by Gasteiger charge is 2.40. The fourth-order valence-electron chi connectivity index (χ4n) is 6.43. The van der Waals surface area contributed by atoms with Gasteiger partial charge in [0, 0.05) is 37.0 Å².